The summed E-state index contributed by atoms with van der Waals surface area (Å²) in [5.74, 6) is 0. The summed E-state index contributed by atoms with van der Waals surface area (Å²) in [6, 6.07) is 44.9. The molecule has 9 aromatic rings. The number of nitrogens with zero attached hydrogens (tertiary/aromatic N) is 1. The van der Waals surface area contributed by atoms with Gasteiger partial charge in [0.1, 0.15) is 0 Å². The van der Waals surface area contributed by atoms with Crippen molar-refractivity contribution in [2.45, 2.75) is 0 Å². The van der Waals surface area contributed by atoms with E-state index in [-0.39, 0.29) is 70.8 Å². The second kappa shape index (κ2) is 12.3. The molecule has 0 radical (unpaired) electrons. The van der Waals surface area contributed by atoms with Crippen LogP contribution in [0.15, 0.2) is 200 Å². The van der Waals surface area contributed by atoms with Gasteiger partial charge < -0.3 is 4.90 Å². The molecule has 0 aliphatic rings. The lowest BCUT2D eigenvalue weighted by Crippen LogP contribution is -2.09. The van der Waals surface area contributed by atoms with Crippen molar-refractivity contribution in [3.8, 4) is 33.4 Å². The standard InChI is InChI=1S/C48H33N/c1-2-17-40(18-3-1)49(42-30-26-36(27-31-42)48-33-39-13-5-7-20-45(39)46-21-8-9-22-47(46)48)41-28-24-34(25-29-41)37-15-10-16-38(32-37)44-23-11-14-35-12-4-6-19-43(35)44/h1-33H/i24D,25D,26D,27D,28D,29D,30D,31D. The molecule has 0 bridgehead atoms. The van der Waals surface area contributed by atoms with Gasteiger partial charge in [0.2, 0.25) is 0 Å². The Balaban J connectivity index is 1.25. The highest BCUT2D eigenvalue weighted by atomic mass is 15.1. The van der Waals surface area contributed by atoms with E-state index in [0.29, 0.717) is 16.8 Å². The molecule has 0 saturated carbocycles. The van der Waals surface area contributed by atoms with Crippen molar-refractivity contribution >= 4 is 49.4 Å². The zero-order valence-electron chi connectivity index (χ0n) is 34.4. The van der Waals surface area contributed by atoms with E-state index in [1.54, 1.807) is 36.4 Å². The fraction of sp³-hybridized carbons (Fsp3) is 0. The molecule has 9 rings (SSSR count). The molecular formula is C48H33N. The smallest absolute Gasteiger partial charge is 0.0645 e. The van der Waals surface area contributed by atoms with Gasteiger partial charge in [-0.15, -0.1) is 0 Å². The maximum absolute atomic E-state index is 9.46. The summed E-state index contributed by atoms with van der Waals surface area (Å²) in [5.41, 5.74) is 3.12. The lowest BCUT2D eigenvalue weighted by atomic mass is 9.93. The summed E-state index contributed by atoms with van der Waals surface area (Å²) < 4.78 is 75.2. The Morgan fingerprint density at radius 3 is 1.61 bits per heavy atom. The van der Waals surface area contributed by atoms with Gasteiger partial charge >= 0.3 is 0 Å². The number of anilines is 3. The Bertz CT molecular complexity index is 3010. The van der Waals surface area contributed by atoms with E-state index >= 15 is 0 Å². The third kappa shape index (κ3) is 5.32. The van der Waals surface area contributed by atoms with Crippen LogP contribution in [0.1, 0.15) is 11.0 Å². The average molecular weight is 632 g/mol. The van der Waals surface area contributed by atoms with Crippen LogP contribution in [0.2, 0.25) is 0 Å². The fourth-order valence-corrected chi connectivity index (χ4v) is 6.64. The zero-order valence-corrected chi connectivity index (χ0v) is 26.4. The van der Waals surface area contributed by atoms with Gasteiger partial charge in [-0.25, -0.2) is 0 Å². The van der Waals surface area contributed by atoms with Crippen molar-refractivity contribution in [3.05, 3.63) is 200 Å². The molecule has 0 spiro atoms. The van der Waals surface area contributed by atoms with E-state index in [1.165, 1.54) is 4.90 Å². The van der Waals surface area contributed by atoms with Gasteiger partial charge in [-0.2, -0.15) is 0 Å². The quantitative estimate of drug-likeness (QED) is 0.165. The van der Waals surface area contributed by atoms with E-state index in [1.807, 2.05) is 115 Å². The summed E-state index contributed by atoms with van der Waals surface area (Å²) in [6.07, 6.45) is 0. The molecule has 9 aromatic carbocycles. The summed E-state index contributed by atoms with van der Waals surface area (Å²) >= 11 is 0. The van der Waals surface area contributed by atoms with Crippen LogP contribution in [0.25, 0.3) is 65.7 Å². The van der Waals surface area contributed by atoms with Crippen LogP contribution in [0, 0.1) is 0 Å². The van der Waals surface area contributed by atoms with Gasteiger partial charge in [-0.1, -0.05) is 152 Å². The minimum Gasteiger partial charge on any atom is -0.311 e. The Hall–Kier alpha value is -6.44. The number of benzene rings is 9. The van der Waals surface area contributed by atoms with Gasteiger partial charge in [-0.3, -0.25) is 0 Å². The molecule has 0 aromatic heterocycles. The van der Waals surface area contributed by atoms with Crippen molar-refractivity contribution in [2.24, 2.45) is 0 Å². The first-order chi connectivity index (χ1) is 27.7. The third-order valence-corrected chi connectivity index (χ3v) is 8.97. The van der Waals surface area contributed by atoms with Crippen LogP contribution < -0.4 is 4.90 Å². The molecule has 0 N–H and O–H groups in total. The monoisotopic (exact) mass is 631 g/mol. The normalized spacial score (nSPS) is 13.6. The first-order valence-electron chi connectivity index (χ1n) is 20.2. The van der Waals surface area contributed by atoms with Gasteiger partial charge in [-0.05, 0) is 114 Å². The lowest BCUT2D eigenvalue weighted by molar-refractivity contribution is 1.28. The number of fused-ring (bicyclic) bond motifs is 4. The summed E-state index contributed by atoms with van der Waals surface area (Å²) in [5, 5.41) is 5.72. The first-order valence-corrected chi connectivity index (χ1v) is 16.2. The molecule has 0 saturated heterocycles. The van der Waals surface area contributed by atoms with Crippen molar-refractivity contribution in [2.75, 3.05) is 4.90 Å². The SMILES string of the molecule is [2H]c1c([2H])c(N(c2ccccc2)c2c([2H])c([2H])c(-c3cc4ccccc4c4ccccc34)c([2H])c2[2H])c([2H])c([2H])c1-c1cccc(-c2cccc3ccccc23)c1. The second-order valence-corrected chi connectivity index (χ2v) is 11.9. The number of rotatable bonds is 6. The molecule has 49 heavy (non-hydrogen) atoms. The van der Waals surface area contributed by atoms with E-state index in [2.05, 4.69) is 0 Å². The molecule has 0 aliphatic carbocycles. The maximum atomic E-state index is 9.46. The van der Waals surface area contributed by atoms with Gasteiger partial charge in [0.15, 0.2) is 0 Å². The molecule has 0 fully saturated rings. The van der Waals surface area contributed by atoms with Crippen molar-refractivity contribution < 1.29 is 11.0 Å². The Morgan fingerprint density at radius 1 is 0.306 bits per heavy atom. The van der Waals surface area contributed by atoms with E-state index in [4.69, 9.17) is 0 Å². The Morgan fingerprint density at radius 2 is 0.857 bits per heavy atom. The average Bonchev–Trinajstić information content (AvgIpc) is 3.25. The Kier molecular flexibility index (Phi) is 5.38. The minimum absolute atomic E-state index is 0.113. The van der Waals surface area contributed by atoms with Gasteiger partial charge in [0, 0.05) is 17.1 Å². The molecular weight excluding hydrogens is 591 g/mol. The van der Waals surface area contributed by atoms with Crippen LogP contribution in [-0.4, -0.2) is 0 Å². The zero-order chi connectivity index (χ0) is 39.5. The van der Waals surface area contributed by atoms with Crippen LogP contribution in [0.5, 0.6) is 0 Å². The van der Waals surface area contributed by atoms with Crippen molar-refractivity contribution in [3.63, 3.8) is 0 Å². The number of hydrogen-bond donors (Lipinski definition) is 0. The minimum atomic E-state index is -0.383. The topological polar surface area (TPSA) is 3.24 Å². The largest absolute Gasteiger partial charge is 0.311 e. The van der Waals surface area contributed by atoms with Crippen LogP contribution in [0.3, 0.4) is 0 Å². The molecule has 0 atom stereocenters. The summed E-state index contributed by atoms with van der Waals surface area (Å²) in [6.45, 7) is 0. The molecule has 0 unspecified atom stereocenters. The highest BCUT2D eigenvalue weighted by molar-refractivity contribution is 6.13. The molecule has 230 valence electrons. The van der Waals surface area contributed by atoms with Crippen molar-refractivity contribution in [1.82, 2.24) is 0 Å². The van der Waals surface area contributed by atoms with Crippen LogP contribution in [0.4, 0.5) is 17.1 Å². The van der Waals surface area contributed by atoms with Crippen LogP contribution in [-0.2, 0) is 0 Å². The van der Waals surface area contributed by atoms with E-state index in [9.17, 15) is 11.0 Å². The molecule has 0 aliphatic heterocycles. The number of para-hydroxylation sites is 1. The third-order valence-electron chi connectivity index (χ3n) is 8.97. The highest BCUT2D eigenvalue weighted by Gasteiger charge is 2.15. The molecule has 1 nitrogen and oxygen atoms in total. The highest BCUT2D eigenvalue weighted by Crippen LogP contribution is 2.39. The maximum Gasteiger partial charge on any atom is 0.0645 e. The predicted octanol–water partition coefficient (Wildman–Crippen LogP) is 13.6. The molecule has 0 amide bonds. The fourth-order valence-electron chi connectivity index (χ4n) is 6.64. The van der Waals surface area contributed by atoms with Crippen LogP contribution >= 0.6 is 0 Å². The Labute approximate surface area is 298 Å². The lowest BCUT2D eigenvalue weighted by Gasteiger charge is -2.26. The molecule has 0 heterocycles. The summed E-state index contributed by atoms with van der Waals surface area (Å²) in [4.78, 5) is 1.33. The predicted molar refractivity (Wildman–Crippen MR) is 210 cm³/mol. The van der Waals surface area contributed by atoms with E-state index < -0.39 is 0 Å². The van der Waals surface area contributed by atoms with Gasteiger partial charge in [0.25, 0.3) is 0 Å². The molecule has 1 heteroatoms. The first kappa shape index (κ1) is 21.4. The van der Waals surface area contributed by atoms with E-state index in [0.717, 1.165) is 43.4 Å². The number of hydrogen-bond acceptors (Lipinski definition) is 1. The summed E-state index contributed by atoms with van der Waals surface area (Å²) in [7, 11) is 0. The second-order valence-electron chi connectivity index (χ2n) is 11.9. The van der Waals surface area contributed by atoms with Crippen molar-refractivity contribution in [1.29, 1.82) is 0 Å². The van der Waals surface area contributed by atoms with Gasteiger partial charge in [0.05, 0.1) is 11.0 Å².